The Morgan fingerprint density at radius 2 is 2.07 bits per heavy atom. The number of halogens is 4. The minimum absolute atomic E-state index is 0.193. The van der Waals surface area contributed by atoms with Gasteiger partial charge in [0.05, 0.1) is 4.47 Å². The lowest BCUT2D eigenvalue weighted by molar-refractivity contribution is 0.0795. The van der Waals surface area contributed by atoms with Crippen molar-refractivity contribution < 1.29 is 17.9 Å². The molecule has 14 heavy (non-hydrogen) atoms. The number of rotatable bonds is 3. The van der Waals surface area contributed by atoms with Gasteiger partial charge in [0.15, 0.2) is 11.6 Å². The fraction of sp³-hybridized carbons (Fsp3) is 0.250. The number of anilines is 1. The van der Waals surface area contributed by atoms with Crippen molar-refractivity contribution >= 4 is 21.6 Å². The highest BCUT2D eigenvalue weighted by molar-refractivity contribution is 9.10. The van der Waals surface area contributed by atoms with Crippen LogP contribution in [0.1, 0.15) is 0 Å². The van der Waals surface area contributed by atoms with E-state index in [4.69, 9.17) is 5.73 Å². The zero-order valence-electron chi connectivity index (χ0n) is 6.94. The fourth-order valence-corrected chi connectivity index (χ4v) is 1.43. The first-order chi connectivity index (χ1) is 6.50. The van der Waals surface area contributed by atoms with Crippen molar-refractivity contribution in [2.75, 3.05) is 12.3 Å². The summed E-state index contributed by atoms with van der Waals surface area (Å²) in [7, 11) is 0. The first-order valence-electron chi connectivity index (χ1n) is 3.66. The van der Waals surface area contributed by atoms with Gasteiger partial charge in [-0.2, -0.15) is 0 Å². The van der Waals surface area contributed by atoms with Gasteiger partial charge in [-0.3, -0.25) is 0 Å². The highest BCUT2D eigenvalue weighted by atomic mass is 79.9. The van der Waals surface area contributed by atoms with Crippen LogP contribution >= 0.6 is 15.9 Å². The second kappa shape index (κ2) is 4.54. The van der Waals surface area contributed by atoms with Gasteiger partial charge in [0.25, 0.3) is 6.43 Å². The number of ether oxygens (including phenoxy) is 1. The van der Waals surface area contributed by atoms with Crippen LogP contribution in [0.2, 0.25) is 0 Å². The molecule has 0 bridgehead atoms. The quantitative estimate of drug-likeness (QED) is 0.857. The van der Waals surface area contributed by atoms with E-state index < -0.39 is 18.8 Å². The molecule has 0 fully saturated rings. The lowest BCUT2D eigenvalue weighted by atomic mass is 10.3. The molecule has 0 spiro atoms. The van der Waals surface area contributed by atoms with Gasteiger partial charge in [0.1, 0.15) is 6.61 Å². The van der Waals surface area contributed by atoms with Gasteiger partial charge >= 0.3 is 0 Å². The molecular weight excluding hydrogens is 263 g/mol. The third-order valence-electron chi connectivity index (χ3n) is 1.37. The van der Waals surface area contributed by atoms with Crippen LogP contribution in [0.3, 0.4) is 0 Å². The molecule has 0 aliphatic heterocycles. The Hall–Kier alpha value is -0.910. The SMILES string of the molecule is Nc1cc(F)c(OCC(F)F)c(Br)c1. The maximum atomic E-state index is 13.1. The summed E-state index contributed by atoms with van der Waals surface area (Å²) in [6, 6.07) is 2.38. The predicted molar refractivity (Wildman–Crippen MR) is 50.0 cm³/mol. The van der Waals surface area contributed by atoms with E-state index in [0.29, 0.717) is 0 Å². The zero-order chi connectivity index (χ0) is 10.7. The highest BCUT2D eigenvalue weighted by Gasteiger charge is 2.12. The maximum absolute atomic E-state index is 13.1. The molecular formula is C8H7BrF3NO. The van der Waals surface area contributed by atoms with Crippen LogP contribution < -0.4 is 10.5 Å². The lowest BCUT2D eigenvalue weighted by Gasteiger charge is -2.09. The highest BCUT2D eigenvalue weighted by Crippen LogP contribution is 2.30. The number of benzene rings is 1. The number of nitrogen functional groups attached to an aromatic ring is 1. The van der Waals surface area contributed by atoms with Crippen molar-refractivity contribution in [1.29, 1.82) is 0 Å². The summed E-state index contributed by atoms with van der Waals surface area (Å²) in [6.45, 7) is -0.848. The molecule has 1 aromatic carbocycles. The van der Waals surface area contributed by atoms with Crippen LogP contribution in [0.5, 0.6) is 5.75 Å². The van der Waals surface area contributed by atoms with Gasteiger partial charge in [-0.15, -0.1) is 0 Å². The molecule has 2 nitrogen and oxygen atoms in total. The van der Waals surface area contributed by atoms with Crippen LogP contribution in [0.25, 0.3) is 0 Å². The van der Waals surface area contributed by atoms with E-state index in [9.17, 15) is 13.2 Å². The molecule has 0 unspecified atom stereocenters. The van der Waals surface area contributed by atoms with E-state index in [0.717, 1.165) is 6.07 Å². The standard InChI is InChI=1S/C8H7BrF3NO/c9-5-1-4(13)2-6(10)8(5)14-3-7(11)12/h1-2,7H,3,13H2. The molecule has 0 amide bonds. The van der Waals surface area contributed by atoms with Gasteiger partial charge in [-0.25, -0.2) is 13.2 Å². The summed E-state index contributed by atoms with van der Waals surface area (Å²) in [5.74, 6) is -1.02. The first-order valence-corrected chi connectivity index (χ1v) is 4.45. The average Bonchev–Trinajstić information content (AvgIpc) is 2.01. The van der Waals surface area contributed by atoms with E-state index >= 15 is 0 Å². The Balaban J connectivity index is 2.86. The summed E-state index contributed by atoms with van der Waals surface area (Å²) in [5, 5.41) is 0. The minimum Gasteiger partial charge on any atom is -0.483 e. The van der Waals surface area contributed by atoms with Gasteiger partial charge in [-0.1, -0.05) is 0 Å². The third-order valence-corrected chi connectivity index (χ3v) is 1.96. The Labute approximate surface area is 87.0 Å². The maximum Gasteiger partial charge on any atom is 0.272 e. The number of hydrogen-bond donors (Lipinski definition) is 1. The largest absolute Gasteiger partial charge is 0.483 e. The van der Waals surface area contributed by atoms with Crippen molar-refractivity contribution in [3.63, 3.8) is 0 Å². The van der Waals surface area contributed by atoms with E-state index in [-0.39, 0.29) is 15.9 Å². The van der Waals surface area contributed by atoms with E-state index in [1.165, 1.54) is 6.07 Å². The molecule has 78 valence electrons. The molecule has 1 rings (SSSR count). The van der Waals surface area contributed by atoms with Gasteiger partial charge in [0.2, 0.25) is 0 Å². The summed E-state index contributed by atoms with van der Waals surface area (Å²) in [6.07, 6.45) is -2.64. The Morgan fingerprint density at radius 1 is 1.43 bits per heavy atom. The zero-order valence-corrected chi connectivity index (χ0v) is 8.52. The van der Waals surface area contributed by atoms with Crippen molar-refractivity contribution in [3.05, 3.63) is 22.4 Å². The van der Waals surface area contributed by atoms with Crippen LogP contribution in [-0.2, 0) is 0 Å². The predicted octanol–water partition coefficient (Wildman–Crippen LogP) is 2.81. The molecule has 0 heterocycles. The number of alkyl halides is 2. The molecule has 0 aromatic heterocycles. The Bertz CT molecular complexity index is 309. The van der Waals surface area contributed by atoms with E-state index in [2.05, 4.69) is 20.7 Å². The van der Waals surface area contributed by atoms with Crippen molar-refractivity contribution in [1.82, 2.24) is 0 Å². The topological polar surface area (TPSA) is 35.2 Å². The molecule has 6 heteroatoms. The Morgan fingerprint density at radius 3 is 2.57 bits per heavy atom. The second-order valence-corrected chi connectivity index (χ2v) is 3.37. The molecule has 0 radical (unpaired) electrons. The molecule has 0 atom stereocenters. The fourth-order valence-electron chi connectivity index (χ4n) is 0.864. The number of hydrogen-bond acceptors (Lipinski definition) is 2. The van der Waals surface area contributed by atoms with Crippen LogP contribution in [0.15, 0.2) is 16.6 Å². The molecule has 0 aliphatic carbocycles. The molecule has 1 aromatic rings. The van der Waals surface area contributed by atoms with Crippen molar-refractivity contribution in [3.8, 4) is 5.75 Å². The van der Waals surface area contributed by atoms with Crippen molar-refractivity contribution in [2.24, 2.45) is 0 Å². The lowest BCUT2D eigenvalue weighted by Crippen LogP contribution is -2.08. The second-order valence-electron chi connectivity index (χ2n) is 2.52. The molecule has 0 saturated carbocycles. The minimum atomic E-state index is -2.64. The van der Waals surface area contributed by atoms with Gasteiger partial charge < -0.3 is 10.5 Å². The normalized spacial score (nSPS) is 10.6. The van der Waals surface area contributed by atoms with Crippen LogP contribution in [0, 0.1) is 5.82 Å². The summed E-state index contributed by atoms with van der Waals surface area (Å²) in [5.41, 5.74) is 5.50. The summed E-state index contributed by atoms with van der Waals surface area (Å²) < 4.78 is 41.4. The van der Waals surface area contributed by atoms with Gasteiger partial charge in [0, 0.05) is 11.8 Å². The third kappa shape index (κ3) is 2.80. The smallest absolute Gasteiger partial charge is 0.272 e. The average molecular weight is 270 g/mol. The number of nitrogens with two attached hydrogens (primary N) is 1. The first kappa shape index (κ1) is 11.2. The van der Waals surface area contributed by atoms with Gasteiger partial charge in [-0.05, 0) is 22.0 Å². The summed E-state index contributed by atoms with van der Waals surface area (Å²) >= 11 is 2.96. The van der Waals surface area contributed by atoms with Crippen LogP contribution in [0.4, 0.5) is 18.9 Å². The monoisotopic (exact) mass is 269 g/mol. The molecule has 2 N–H and O–H groups in total. The molecule has 0 aliphatic rings. The molecule has 0 saturated heterocycles. The van der Waals surface area contributed by atoms with Crippen molar-refractivity contribution in [2.45, 2.75) is 6.43 Å². The van der Waals surface area contributed by atoms with E-state index in [1.54, 1.807) is 0 Å². The van der Waals surface area contributed by atoms with Crippen LogP contribution in [-0.4, -0.2) is 13.0 Å². The Kier molecular flexibility index (Phi) is 3.62. The van der Waals surface area contributed by atoms with E-state index in [1.807, 2.05) is 0 Å². The summed E-state index contributed by atoms with van der Waals surface area (Å²) in [4.78, 5) is 0.